The molecule has 0 amide bonds. The fourth-order valence-corrected chi connectivity index (χ4v) is 8.95. The highest BCUT2D eigenvalue weighted by atomic mass is 32.2. The van der Waals surface area contributed by atoms with Crippen LogP contribution in [0.4, 0.5) is 0 Å². The molecule has 0 saturated heterocycles. The summed E-state index contributed by atoms with van der Waals surface area (Å²) >= 11 is 1.20. The molecule has 8 nitrogen and oxygen atoms in total. The summed E-state index contributed by atoms with van der Waals surface area (Å²) in [5.74, 6) is 1.35. The lowest BCUT2D eigenvalue weighted by atomic mass is 9.77. The molecule has 0 aliphatic carbocycles. The molecule has 0 N–H and O–H groups in total. The number of thiophene rings is 1. The summed E-state index contributed by atoms with van der Waals surface area (Å²) in [7, 11) is -3.37. The van der Waals surface area contributed by atoms with Gasteiger partial charge in [0.2, 0.25) is 6.79 Å². The van der Waals surface area contributed by atoms with Crippen molar-refractivity contribution in [1.29, 1.82) is 0 Å². The smallest absolute Gasteiger partial charge is 0.231 e. The molecular weight excluding hydrogens is 689 g/mol. The largest absolute Gasteiger partial charge is 0.454 e. The van der Waals surface area contributed by atoms with Crippen molar-refractivity contribution in [2.45, 2.75) is 9.75 Å². The van der Waals surface area contributed by atoms with Crippen LogP contribution >= 0.6 is 11.3 Å². The van der Waals surface area contributed by atoms with Gasteiger partial charge in [-0.2, -0.15) is 5.10 Å². The van der Waals surface area contributed by atoms with Gasteiger partial charge in [0, 0.05) is 29.0 Å². The molecule has 0 spiro atoms. The van der Waals surface area contributed by atoms with Gasteiger partial charge in [-0.1, -0.05) is 97.1 Å². The highest BCUT2D eigenvalue weighted by Crippen LogP contribution is 2.45. The molecule has 5 aromatic carbocycles. The van der Waals surface area contributed by atoms with Crippen LogP contribution in [0.5, 0.6) is 11.5 Å². The molecule has 0 unspecified atom stereocenters. The molecule has 0 radical (unpaired) electrons. The fraction of sp³-hybridized carbons (Fsp3) is 0.0714. The van der Waals surface area contributed by atoms with Crippen LogP contribution in [0.15, 0.2) is 156 Å². The number of hydrogen-bond donors (Lipinski definition) is 0. The standard InChI is InChI=1S/C42H30N4O4S2/c1-52(47,48)39-22-21-38(51-39)41-33-23-28(17-19-35(33)43-26-44-41)34-25-46(45-40(34)29-18-20-36-37(24-29)50-27-49-36)42(30-11-5-2-6-12-30,31-13-7-3-8-14-31)32-15-9-4-10-16-32/h2-26H,27H2,1H3. The Morgan fingerprint density at radius 3 is 1.94 bits per heavy atom. The first-order chi connectivity index (χ1) is 25.4. The molecule has 8 aromatic rings. The fourth-order valence-electron chi connectivity index (χ4n) is 7.02. The Hall–Kier alpha value is -6.10. The molecule has 1 aliphatic heterocycles. The number of nitrogens with zero attached hydrogens (tertiary/aromatic N) is 4. The van der Waals surface area contributed by atoms with E-state index in [0.717, 1.165) is 54.9 Å². The van der Waals surface area contributed by atoms with Gasteiger partial charge in [-0.25, -0.2) is 18.4 Å². The van der Waals surface area contributed by atoms with E-state index >= 15 is 0 Å². The van der Waals surface area contributed by atoms with Crippen molar-refractivity contribution in [3.8, 4) is 44.5 Å². The van der Waals surface area contributed by atoms with Crippen molar-refractivity contribution >= 4 is 32.1 Å². The number of rotatable bonds is 8. The number of fused-ring (bicyclic) bond motifs is 2. The quantitative estimate of drug-likeness (QED) is 0.145. The average molecular weight is 719 g/mol. The molecule has 4 heterocycles. The molecule has 52 heavy (non-hydrogen) atoms. The van der Waals surface area contributed by atoms with Crippen LogP contribution in [0.2, 0.25) is 0 Å². The Balaban J connectivity index is 1.33. The van der Waals surface area contributed by atoms with Crippen LogP contribution in [-0.2, 0) is 15.4 Å². The van der Waals surface area contributed by atoms with Crippen molar-refractivity contribution in [2.75, 3.05) is 13.0 Å². The zero-order valence-corrected chi connectivity index (χ0v) is 29.5. The van der Waals surface area contributed by atoms with Gasteiger partial charge in [0.15, 0.2) is 21.3 Å². The van der Waals surface area contributed by atoms with Gasteiger partial charge < -0.3 is 9.47 Å². The normalized spacial score (nSPS) is 12.7. The molecule has 254 valence electrons. The minimum atomic E-state index is -3.37. The van der Waals surface area contributed by atoms with Crippen molar-refractivity contribution in [3.63, 3.8) is 0 Å². The molecule has 0 atom stereocenters. The molecule has 10 heteroatoms. The van der Waals surface area contributed by atoms with E-state index in [9.17, 15) is 8.42 Å². The predicted molar refractivity (Wildman–Crippen MR) is 203 cm³/mol. The molecule has 0 fully saturated rings. The summed E-state index contributed by atoms with van der Waals surface area (Å²) in [6.07, 6.45) is 4.85. The van der Waals surface area contributed by atoms with E-state index in [0.29, 0.717) is 17.2 Å². The second-order valence-electron chi connectivity index (χ2n) is 12.6. The SMILES string of the molecule is CS(=O)(=O)c1ccc(-c2ncnc3ccc(-c4cn(C(c5ccccc5)(c5ccccc5)c5ccccc5)nc4-c4ccc5c(c4)OCO5)cc23)s1. The van der Waals surface area contributed by atoms with Gasteiger partial charge >= 0.3 is 0 Å². The van der Waals surface area contributed by atoms with Gasteiger partial charge in [-0.3, -0.25) is 4.68 Å². The van der Waals surface area contributed by atoms with Gasteiger partial charge in [-0.15, -0.1) is 11.3 Å². The van der Waals surface area contributed by atoms with Crippen molar-refractivity contribution in [3.05, 3.63) is 169 Å². The second kappa shape index (κ2) is 12.6. The minimum Gasteiger partial charge on any atom is -0.454 e. The molecule has 9 rings (SSSR count). The third kappa shape index (κ3) is 5.35. The highest BCUT2D eigenvalue weighted by molar-refractivity contribution is 7.92. The molecule has 0 saturated carbocycles. The monoisotopic (exact) mass is 718 g/mol. The Labute approximate surface area is 304 Å². The van der Waals surface area contributed by atoms with E-state index in [1.54, 1.807) is 12.1 Å². The lowest BCUT2D eigenvalue weighted by Crippen LogP contribution is -2.38. The molecule has 1 aliphatic rings. The van der Waals surface area contributed by atoms with Crippen LogP contribution in [-0.4, -0.2) is 41.2 Å². The maximum atomic E-state index is 12.4. The van der Waals surface area contributed by atoms with Crippen molar-refractivity contribution in [2.24, 2.45) is 0 Å². The summed E-state index contributed by atoms with van der Waals surface area (Å²) in [5.41, 5.74) is 7.09. The van der Waals surface area contributed by atoms with E-state index < -0.39 is 15.4 Å². The second-order valence-corrected chi connectivity index (χ2v) is 15.9. The third-order valence-corrected chi connectivity index (χ3v) is 12.3. The Morgan fingerprint density at radius 2 is 1.31 bits per heavy atom. The summed E-state index contributed by atoms with van der Waals surface area (Å²) in [6, 6.07) is 46.7. The van der Waals surface area contributed by atoms with Crippen molar-refractivity contribution < 1.29 is 17.9 Å². The number of ether oxygens (including phenoxy) is 2. The first-order valence-corrected chi connectivity index (χ1v) is 19.3. The lowest BCUT2D eigenvalue weighted by molar-refractivity contribution is 0.174. The first kappa shape index (κ1) is 31.9. The highest BCUT2D eigenvalue weighted by Gasteiger charge is 2.40. The summed E-state index contributed by atoms with van der Waals surface area (Å²) in [6.45, 7) is 0.163. The van der Waals surface area contributed by atoms with E-state index in [1.807, 2.05) is 48.5 Å². The maximum Gasteiger partial charge on any atom is 0.231 e. The third-order valence-electron chi connectivity index (χ3n) is 9.41. The van der Waals surface area contributed by atoms with Crippen LogP contribution in [0, 0.1) is 0 Å². The summed E-state index contributed by atoms with van der Waals surface area (Å²) in [5, 5.41) is 6.30. The maximum absolute atomic E-state index is 12.4. The Morgan fingerprint density at radius 1 is 0.673 bits per heavy atom. The zero-order valence-electron chi connectivity index (χ0n) is 27.9. The van der Waals surface area contributed by atoms with E-state index in [2.05, 4.69) is 99.7 Å². The van der Waals surface area contributed by atoms with E-state index in [4.69, 9.17) is 14.6 Å². The Bertz CT molecular complexity index is 2600. The number of benzene rings is 5. The molecule has 3 aromatic heterocycles. The van der Waals surface area contributed by atoms with Gasteiger partial charge in [0.05, 0.1) is 16.1 Å². The van der Waals surface area contributed by atoms with Crippen LogP contribution in [0.1, 0.15) is 16.7 Å². The van der Waals surface area contributed by atoms with Crippen LogP contribution in [0.25, 0.3) is 43.9 Å². The predicted octanol–water partition coefficient (Wildman–Crippen LogP) is 8.86. The van der Waals surface area contributed by atoms with Crippen LogP contribution in [0.3, 0.4) is 0 Å². The summed E-state index contributed by atoms with van der Waals surface area (Å²) in [4.78, 5) is 9.95. The first-order valence-electron chi connectivity index (χ1n) is 16.6. The van der Waals surface area contributed by atoms with Gasteiger partial charge in [0.25, 0.3) is 0 Å². The zero-order chi connectivity index (χ0) is 35.3. The number of hydrogen-bond acceptors (Lipinski definition) is 8. The van der Waals surface area contributed by atoms with Crippen molar-refractivity contribution in [1.82, 2.24) is 19.7 Å². The number of sulfone groups is 1. The van der Waals surface area contributed by atoms with E-state index in [1.165, 1.54) is 23.9 Å². The lowest BCUT2D eigenvalue weighted by Gasteiger charge is -2.36. The molecular formula is C42H30N4O4S2. The molecule has 0 bridgehead atoms. The minimum absolute atomic E-state index is 0.163. The Kier molecular flexibility index (Phi) is 7.71. The summed E-state index contributed by atoms with van der Waals surface area (Å²) < 4.78 is 38.6. The van der Waals surface area contributed by atoms with Gasteiger partial charge in [0.1, 0.15) is 21.8 Å². The van der Waals surface area contributed by atoms with Gasteiger partial charge in [-0.05, 0) is 64.7 Å². The van der Waals surface area contributed by atoms with Crippen LogP contribution < -0.4 is 9.47 Å². The topological polar surface area (TPSA) is 96.2 Å². The van der Waals surface area contributed by atoms with E-state index in [-0.39, 0.29) is 11.0 Å². The average Bonchev–Trinajstić information content (AvgIpc) is 3.97. The number of aromatic nitrogens is 4.